The van der Waals surface area contributed by atoms with Gasteiger partial charge < -0.3 is 5.32 Å². The Morgan fingerprint density at radius 2 is 2.05 bits per heavy atom. The number of halogens is 2. The molecule has 19 heavy (non-hydrogen) atoms. The molecule has 1 aliphatic rings. The molecule has 1 fully saturated rings. The second kappa shape index (κ2) is 6.51. The number of carbonyl (C=O) groups is 1. The van der Waals surface area contributed by atoms with Gasteiger partial charge >= 0.3 is 0 Å². The zero-order chi connectivity index (χ0) is 13.8. The Bertz CT molecular complexity index is 435. The van der Waals surface area contributed by atoms with Crippen molar-refractivity contribution >= 4 is 21.8 Å². The summed E-state index contributed by atoms with van der Waals surface area (Å²) in [6, 6.07) is 4.77. The molecule has 2 nitrogen and oxygen atoms in total. The van der Waals surface area contributed by atoms with Crippen LogP contribution < -0.4 is 5.32 Å². The predicted octanol–water partition coefficient (Wildman–Crippen LogP) is 4.29. The van der Waals surface area contributed by atoms with Crippen molar-refractivity contribution in [3.8, 4) is 0 Å². The maximum Gasteiger partial charge on any atom is 0.255 e. The molecule has 0 aliphatic heterocycles. The van der Waals surface area contributed by atoms with Gasteiger partial charge in [-0.1, -0.05) is 19.4 Å². The summed E-state index contributed by atoms with van der Waals surface area (Å²) in [5, 5.41) is 2.95. The van der Waals surface area contributed by atoms with Crippen LogP contribution in [0.1, 0.15) is 49.4 Å². The molecule has 1 aromatic carbocycles. The van der Waals surface area contributed by atoms with Crippen molar-refractivity contribution in [3.63, 3.8) is 0 Å². The van der Waals surface area contributed by atoms with Crippen molar-refractivity contribution in [2.45, 2.75) is 45.1 Å². The third-order valence-electron chi connectivity index (χ3n) is 3.95. The molecule has 0 saturated heterocycles. The second-order valence-electron chi connectivity index (χ2n) is 5.20. The standard InChI is InChI=1S/C15H19BrFNO/c1-2-10-6-8-11(9-7-10)18-15(19)14-12(16)4-3-5-13(14)17/h3-5,10-11H,2,6-9H2,1H3,(H,18,19). The SMILES string of the molecule is CCC1CCC(NC(=O)c2c(F)cccc2Br)CC1. The maximum atomic E-state index is 13.7. The summed E-state index contributed by atoms with van der Waals surface area (Å²) in [4.78, 5) is 12.1. The van der Waals surface area contributed by atoms with Gasteiger partial charge in [0.2, 0.25) is 0 Å². The molecule has 1 saturated carbocycles. The Labute approximate surface area is 121 Å². The fourth-order valence-corrected chi connectivity index (χ4v) is 3.21. The van der Waals surface area contributed by atoms with Crippen LogP contribution >= 0.6 is 15.9 Å². The van der Waals surface area contributed by atoms with Gasteiger partial charge in [-0.05, 0) is 59.7 Å². The minimum atomic E-state index is -0.478. The van der Waals surface area contributed by atoms with Gasteiger partial charge in [-0.25, -0.2) is 4.39 Å². The summed E-state index contributed by atoms with van der Waals surface area (Å²) >= 11 is 3.23. The van der Waals surface area contributed by atoms with E-state index in [1.165, 1.54) is 12.5 Å². The number of nitrogens with one attached hydrogen (secondary N) is 1. The first kappa shape index (κ1) is 14.5. The molecule has 2 rings (SSSR count). The average molecular weight is 328 g/mol. The number of hydrogen-bond donors (Lipinski definition) is 1. The van der Waals surface area contributed by atoms with Crippen LogP contribution in [0.3, 0.4) is 0 Å². The highest BCUT2D eigenvalue weighted by molar-refractivity contribution is 9.10. The molecule has 0 bridgehead atoms. The number of hydrogen-bond acceptors (Lipinski definition) is 1. The topological polar surface area (TPSA) is 29.1 Å². The van der Waals surface area contributed by atoms with Crippen LogP contribution in [0.5, 0.6) is 0 Å². The van der Waals surface area contributed by atoms with E-state index in [2.05, 4.69) is 28.2 Å². The van der Waals surface area contributed by atoms with Gasteiger partial charge in [-0.2, -0.15) is 0 Å². The van der Waals surface area contributed by atoms with E-state index < -0.39 is 5.82 Å². The molecule has 104 valence electrons. The average Bonchev–Trinajstić information content (AvgIpc) is 2.39. The Balaban J connectivity index is 1.98. The van der Waals surface area contributed by atoms with E-state index in [0.29, 0.717) is 4.47 Å². The molecule has 0 unspecified atom stereocenters. The fraction of sp³-hybridized carbons (Fsp3) is 0.533. The molecular formula is C15H19BrFNO. The first-order valence-corrected chi connectivity index (χ1v) is 7.66. The van der Waals surface area contributed by atoms with Gasteiger partial charge in [0.1, 0.15) is 5.82 Å². The van der Waals surface area contributed by atoms with Crippen molar-refractivity contribution in [1.82, 2.24) is 5.32 Å². The predicted molar refractivity (Wildman–Crippen MR) is 77.6 cm³/mol. The molecule has 0 heterocycles. The van der Waals surface area contributed by atoms with Crippen LogP contribution in [0, 0.1) is 11.7 Å². The van der Waals surface area contributed by atoms with Crippen molar-refractivity contribution in [3.05, 3.63) is 34.1 Å². The number of rotatable bonds is 3. The van der Waals surface area contributed by atoms with Crippen LogP contribution in [0.2, 0.25) is 0 Å². The summed E-state index contributed by atoms with van der Waals surface area (Å²) in [7, 11) is 0. The number of benzene rings is 1. The van der Waals surface area contributed by atoms with Crippen molar-refractivity contribution in [2.75, 3.05) is 0 Å². The lowest BCUT2D eigenvalue weighted by atomic mass is 9.84. The molecule has 0 aromatic heterocycles. The maximum absolute atomic E-state index is 13.7. The lowest BCUT2D eigenvalue weighted by Gasteiger charge is -2.28. The highest BCUT2D eigenvalue weighted by Crippen LogP contribution is 2.27. The van der Waals surface area contributed by atoms with Crippen LogP contribution in [-0.4, -0.2) is 11.9 Å². The molecular weight excluding hydrogens is 309 g/mol. The quantitative estimate of drug-likeness (QED) is 0.881. The Morgan fingerprint density at radius 3 is 2.63 bits per heavy atom. The molecule has 0 atom stereocenters. The van der Waals surface area contributed by atoms with Gasteiger partial charge in [0, 0.05) is 10.5 Å². The number of carbonyl (C=O) groups excluding carboxylic acids is 1. The number of amides is 1. The summed E-state index contributed by atoms with van der Waals surface area (Å²) in [5.74, 6) is -0.00704. The minimum Gasteiger partial charge on any atom is -0.349 e. The Morgan fingerprint density at radius 1 is 1.37 bits per heavy atom. The lowest BCUT2D eigenvalue weighted by Crippen LogP contribution is -2.38. The van der Waals surface area contributed by atoms with E-state index in [-0.39, 0.29) is 17.5 Å². The zero-order valence-electron chi connectivity index (χ0n) is 11.1. The first-order chi connectivity index (χ1) is 9.11. The first-order valence-electron chi connectivity index (χ1n) is 6.86. The van der Waals surface area contributed by atoms with E-state index in [4.69, 9.17) is 0 Å². The highest BCUT2D eigenvalue weighted by atomic mass is 79.9. The summed E-state index contributed by atoms with van der Waals surface area (Å²) in [5.41, 5.74) is 0.111. The van der Waals surface area contributed by atoms with Gasteiger partial charge in [0.05, 0.1) is 5.56 Å². The van der Waals surface area contributed by atoms with Gasteiger partial charge in [0.25, 0.3) is 5.91 Å². The van der Waals surface area contributed by atoms with Crippen LogP contribution in [0.25, 0.3) is 0 Å². The minimum absolute atomic E-state index is 0.111. The van der Waals surface area contributed by atoms with Gasteiger partial charge in [0.15, 0.2) is 0 Å². The Hall–Kier alpha value is -0.900. The largest absolute Gasteiger partial charge is 0.349 e. The summed E-state index contributed by atoms with van der Waals surface area (Å²) in [6.07, 6.45) is 5.51. The normalized spacial score (nSPS) is 23.1. The monoisotopic (exact) mass is 327 g/mol. The smallest absolute Gasteiger partial charge is 0.255 e. The molecule has 0 radical (unpaired) electrons. The zero-order valence-corrected chi connectivity index (χ0v) is 12.7. The van der Waals surface area contributed by atoms with E-state index in [0.717, 1.165) is 31.6 Å². The van der Waals surface area contributed by atoms with Crippen molar-refractivity contribution < 1.29 is 9.18 Å². The highest BCUT2D eigenvalue weighted by Gasteiger charge is 2.23. The van der Waals surface area contributed by atoms with Crippen LogP contribution in [0.4, 0.5) is 4.39 Å². The molecule has 1 N–H and O–H groups in total. The van der Waals surface area contributed by atoms with E-state index in [1.54, 1.807) is 12.1 Å². The molecule has 1 aromatic rings. The third-order valence-corrected chi connectivity index (χ3v) is 4.61. The van der Waals surface area contributed by atoms with Gasteiger partial charge in [-0.15, -0.1) is 0 Å². The van der Waals surface area contributed by atoms with E-state index in [1.807, 2.05) is 0 Å². The third kappa shape index (κ3) is 3.56. The Kier molecular flexibility index (Phi) is 4.97. The molecule has 1 amide bonds. The van der Waals surface area contributed by atoms with Crippen LogP contribution in [-0.2, 0) is 0 Å². The van der Waals surface area contributed by atoms with Gasteiger partial charge in [-0.3, -0.25) is 4.79 Å². The van der Waals surface area contributed by atoms with E-state index in [9.17, 15) is 9.18 Å². The summed E-state index contributed by atoms with van der Waals surface area (Å²) < 4.78 is 14.2. The van der Waals surface area contributed by atoms with Crippen molar-refractivity contribution in [1.29, 1.82) is 0 Å². The van der Waals surface area contributed by atoms with Crippen molar-refractivity contribution in [2.24, 2.45) is 5.92 Å². The molecule has 4 heteroatoms. The molecule has 1 aliphatic carbocycles. The summed E-state index contributed by atoms with van der Waals surface area (Å²) in [6.45, 7) is 2.21. The van der Waals surface area contributed by atoms with E-state index >= 15 is 0 Å². The van der Waals surface area contributed by atoms with Crippen LogP contribution in [0.15, 0.2) is 22.7 Å². The second-order valence-corrected chi connectivity index (χ2v) is 6.05. The fourth-order valence-electron chi connectivity index (χ4n) is 2.69. The lowest BCUT2D eigenvalue weighted by molar-refractivity contribution is 0.0916. The molecule has 0 spiro atoms.